The summed E-state index contributed by atoms with van der Waals surface area (Å²) in [7, 11) is 1.35. The number of rotatable bonds is 5. The van der Waals surface area contributed by atoms with Crippen molar-refractivity contribution in [1.82, 2.24) is 5.32 Å². The van der Waals surface area contributed by atoms with Crippen LogP contribution in [0, 0.1) is 19.7 Å². The van der Waals surface area contributed by atoms with Gasteiger partial charge in [0, 0.05) is 29.3 Å². The van der Waals surface area contributed by atoms with Crippen LogP contribution in [0.2, 0.25) is 5.02 Å². The van der Waals surface area contributed by atoms with Crippen LogP contribution < -0.4 is 10.1 Å². The third-order valence-corrected chi connectivity index (χ3v) is 6.79. The maximum atomic E-state index is 13.4. The average molecular weight is 484 g/mol. The predicted octanol–water partition coefficient (Wildman–Crippen LogP) is 5.82. The summed E-state index contributed by atoms with van der Waals surface area (Å²) >= 11 is 6.12. The molecule has 1 heterocycles. The highest BCUT2D eigenvalue weighted by Gasteiger charge is 2.39. The number of Topliss-reactive ketones (excluding diaryl/α,β-unsaturated/α-hetero) is 1. The Kier molecular flexibility index (Phi) is 6.80. The molecule has 0 spiro atoms. The summed E-state index contributed by atoms with van der Waals surface area (Å²) in [5.41, 5.74) is 6.36. The number of hydrogen-bond donors (Lipinski definition) is 1. The number of ether oxygens (including phenoxy) is 2. The first-order chi connectivity index (χ1) is 16.2. The molecule has 1 aliphatic carbocycles. The molecule has 7 heteroatoms. The second kappa shape index (κ2) is 9.63. The molecule has 1 aliphatic heterocycles. The first kappa shape index (κ1) is 24.0. The number of hydrogen-bond acceptors (Lipinski definition) is 5. The minimum atomic E-state index is -0.523. The summed E-state index contributed by atoms with van der Waals surface area (Å²) in [4.78, 5) is 25.9. The van der Waals surface area contributed by atoms with E-state index in [0.29, 0.717) is 29.0 Å². The zero-order chi connectivity index (χ0) is 24.6. The Morgan fingerprint density at radius 3 is 2.62 bits per heavy atom. The topological polar surface area (TPSA) is 64.6 Å². The van der Waals surface area contributed by atoms with Crippen LogP contribution in [0.1, 0.15) is 54.4 Å². The van der Waals surface area contributed by atoms with Crippen LogP contribution in [0.3, 0.4) is 0 Å². The van der Waals surface area contributed by atoms with E-state index in [1.165, 1.54) is 25.3 Å². The fourth-order valence-corrected chi connectivity index (χ4v) is 5.03. The summed E-state index contributed by atoms with van der Waals surface area (Å²) in [5.74, 6) is -0.995. The Hall–Kier alpha value is -3.12. The van der Waals surface area contributed by atoms with Crippen LogP contribution in [0.15, 0.2) is 52.9 Å². The highest BCUT2D eigenvalue weighted by atomic mass is 35.5. The Labute approximate surface area is 203 Å². The van der Waals surface area contributed by atoms with Crippen LogP contribution in [0.4, 0.5) is 4.39 Å². The average Bonchev–Trinajstić information content (AvgIpc) is 2.78. The third kappa shape index (κ3) is 4.47. The molecule has 0 aromatic heterocycles. The minimum Gasteiger partial charge on any atom is -0.487 e. The third-order valence-electron chi connectivity index (χ3n) is 6.49. The lowest BCUT2D eigenvalue weighted by Crippen LogP contribution is -2.34. The van der Waals surface area contributed by atoms with Gasteiger partial charge in [-0.1, -0.05) is 23.7 Å². The van der Waals surface area contributed by atoms with Gasteiger partial charge in [0.15, 0.2) is 5.78 Å². The van der Waals surface area contributed by atoms with Crippen molar-refractivity contribution in [1.29, 1.82) is 0 Å². The van der Waals surface area contributed by atoms with Gasteiger partial charge in [0.1, 0.15) is 18.2 Å². The normalized spacial score (nSPS) is 17.9. The van der Waals surface area contributed by atoms with Crippen molar-refractivity contribution in [2.24, 2.45) is 0 Å². The number of carbonyl (C=O) groups excluding carboxylic acids is 2. The molecule has 2 aliphatic rings. The lowest BCUT2D eigenvalue weighted by molar-refractivity contribution is -0.136. The highest BCUT2D eigenvalue weighted by molar-refractivity contribution is 6.32. The van der Waals surface area contributed by atoms with E-state index in [1.54, 1.807) is 0 Å². The van der Waals surface area contributed by atoms with Crippen molar-refractivity contribution in [3.05, 3.63) is 86.0 Å². The summed E-state index contributed by atoms with van der Waals surface area (Å²) in [6.07, 6.45) is 1.99. The molecule has 1 N–H and O–H groups in total. The van der Waals surface area contributed by atoms with Crippen molar-refractivity contribution in [2.45, 2.75) is 52.6 Å². The SMILES string of the molecule is COC(=O)C1=C(C)NC2=C(C(=O)CCC2)C1c1cc(COc2ccc(F)cc2Cl)c(C)cc1C. The van der Waals surface area contributed by atoms with Gasteiger partial charge in [0.05, 0.1) is 17.7 Å². The molecule has 0 saturated heterocycles. The molecule has 5 nitrogen and oxygen atoms in total. The lowest BCUT2D eigenvalue weighted by atomic mass is 9.73. The molecule has 2 aromatic carbocycles. The first-order valence-electron chi connectivity index (χ1n) is 11.2. The van der Waals surface area contributed by atoms with Gasteiger partial charge in [-0.15, -0.1) is 0 Å². The smallest absolute Gasteiger partial charge is 0.336 e. The second-order valence-corrected chi connectivity index (χ2v) is 9.16. The van der Waals surface area contributed by atoms with Gasteiger partial charge in [-0.2, -0.15) is 0 Å². The van der Waals surface area contributed by atoms with Crippen molar-refractivity contribution in [3.63, 3.8) is 0 Å². The van der Waals surface area contributed by atoms with Gasteiger partial charge in [0.2, 0.25) is 0 Å². The molecule has 1 unspecified atom stereocenters. The van der Waals surface area contributed by atoms with Crippen molar-refractivity contribution in [2.75, 3.05) is 7.11 Å². The van der Waals surface area contributed by atoms with E-state index in [-0.39, 0.29) is 17.4 Å². The number of methoxy groups -OCH3 is 1. The van der Waals surface area contributed by atoms with Gasteiger partial charge < -0.3 is 14.8 Å². The van der Waals surface area contributed by atoms with Gasteiger partial charge in [-0.3, -0.25) is 4.79 Å². The number of esters is 1. The molecule has 0 saturated carbocycles. The van der Waals surface area contributed by atoms with E-state index in [1.807, 2.05) is 32.9 Å². The van der Waals surface area contributed by atoms with Gasteiger partial charge >= 0.3 is 5.97 Å². The number of nitrogens with one attached hydrogen (secondary N) is 1. The number of ketones is 1. The van der Waals surface area contributed by atoms with Crippen LogP contribution in [-0.4, -0.2) is 18.9 Å². The van der Waals surface area contributed by atoms with Gasteiger partial charge in [-0.25, -0.2) is 9.18 Å². The van der Waals surface area contributed by atoms with E-state index >= 15 is 0 Å². The van der Waals surface area contributed by atoms with Crippen LogP contribution in [0.25, 0.3) is 0 Å². The summed E-state index contributed by atoms with van der Waals surface area (Å²) in [6.45, 7) is 5.99. The number of carbonyl (C=O) groups is 2. The molecule has 0 fully saturated rings. The van der Waals surface area contributed by atoms with E-state index in [4.69, 9.17) is 21.1 Å². The fraction of sp³-hybridized carbons (Fsp3) is 0.333. The lowest BCUT2D eigenvalue weighted by Gasteiger charge is -2.35. The standard InChI is InChI=1S/C27H27ClFNO4/c1-14-10-15(2)19(11-17(14)13-34-23-9-8-18(29)12-20(23)28)25-24(27(32)33-4)16(3)30-21-6-5-7-22(31)26(21)25/h8-12,25,30H,5-7,13H2,1-4H3. The predicted molar refractivity (Wildman–Crippen MR) is 128 cm³/mol. The summed E-state index contributed by atoms with van der Waals surface area (Å²) in [6, 6.07) is 8.01. The Morgan fingerprint density at radius 1 is 1.15 bits per heavy atom. The van der Waals surface area contributed by atoms with E-state index in [2.05, 4.69) is 5.32 Å². The van der Waals surface area contributed by atoms with Crippen LogP contribution in [-0.2, 0) is 20.9 Å². The monoisotopic (exact) mass is 483 g/mol. The zero-order valence-corrected chi connectivity index (χ0v) is 20.4. The number of allylic oxidation sites excluding steroid dienone is 3. The number of benzene rings is 2. The van der Waals surface area contributed by atoms with E-state index < -0.39 is 17.7 Å². The van der Waals surface area contributed by atoms with E-state index in [9.17, 15) is 14.0 Å². The number of dihydropyridines is 1. The maximum Gasteiger partial charge on any atom is 0.336 e. The summed E-state index contributed by atoms with van der Waals surface area (Å²) < 4.78 is 24.4. The Bertz CT molecular complexity index is 1250. The molecule has 2 aromatic rings. The number of aryl methyl sites for hydroxylation is 2. The minimum absolute atomic E-state index is 0.0449. The molecule has 0 amide bonds. The van der Waals surface area contributed by atoms with Crippen molar-refractivity contribution < 1.29 is 23.5 Å². The largest absolute Gasteiger partial charge is 0.487 e. The fourth-order valence-electron chi connectivity index (χ4n) is 4.81. The van der Waals surface area contributed by atoms with Crippen LogP contribution in [0.5, 0.6) is 5.75 Å². The first-order valence-corrected chi connectivity index (χ1v) is 11.6. The van der Waals surface area contributed by atoms with Crippen LogP contribution >= 0.6 is 11.6 Å². The highest BCUT2D eigenvalue weighted by Crippen LogP contribution is 2.44. The molecule has 0 radical (unpaired) electrons. The van der Waals surface area contributed by atoms with E-state index in [0.717, 1.165) is 40.8 Å². The van der Waals surface area contributed by atoms with Gasteiger partial charge in [-0.05, 0) is 74.1 Å². The molecule has 4 rings (SSSR count). The zero-order valence-electron chi connectivity index (χ0n) is 19.7. The molecular weight excluding hydrogens is 457 g/mol. The second-order valence-electron chi connectivity index (χ2n) is 8.76. The van der Waals surface area contributed by atoms with Crippen molar-refractivity contribution in [3.8, 4) is 5.75 Å². The van der Waals surface area contributed by atoms with Crippen molar-refractivity contribution >= 4 is 23.4 Å². The molecule has 178 valence electrons. The molecule has 1 atom stereocenters. The summed E-state index contributed by atoms with van der Waals surface area (Å²) in [5, 5.41) is 3.48. The molecular formula is C27H27ClFNO4. The molecule has 0 bridgehead atoms. The Balaban J connectivity index is 1.79. The molecule has 34 heavy (non-hydrogen) atoms. The Morgan fingerprint density at radius 2 is 1.91 bits per heavy atom. The quantitative estimate of drug-likeness (QED) is 0.543. The maximum absolute atomic E-state index is 13.4. The number of halogens is 2. The van der Waals surface area contributed by atoms with Gasteiger partial charge in [0.25, 0.3) is 0 Å².